The standard InChI is InChI=1S/C43H35N/c1-4-30(3)16-17-31(5-2)35-22-25-39-37(28-35)24-27-41-40-26-23-36(29-42(40)44(43(39)41)38-14-10-7-11-15-38)34-20-18-33(19-21-34)32-12-8-6-9-13-32/h4-15,17-29H,2,16H2,1,3H3/b30-4+,31-17+. The molecule has 1 aromatic heterocycles. The van der Waals surface area contributed by atoms with Crippen LogP contribution >= 0.6 is 0 Å². The molecule has 0 fully saturated rings. The van der Waals surface area contributed by atoms with Gasteiger partial charge < -0.3 is 4.57 Å². The van der Waals surface area contributed by atoms with Gasteiger partial charge in [0.2, 0.25) is 0 Å². The zero-order chi connectivity index (χ0) is 30.0. The molecule has 0 atom stereocenters. The molecular formula is C43H35N. The molecule has 44 heavy (non-hydrogen) atoms. The van der Waals surface area contributed by atoms with Crippen LogP contribution in [0.4, 0.5) is 0 Å². The number of para-hydroxylation sites is 1. The fourth-order valence-electron chi connectivity index (χ4n) is 6.23. The fourth-order valence-corrected chi connectivity index (χ4v) is 6.23. The van der Waals surface area contributed by atoms with Crippen molar-refractivity contribution < 1.29 is 0 Å². The smallest absolute Gasteiger partial charge is 0.0619 e. The van der Waals surface area contributed by atoms with E-state index in [0.717, 1.165) is 12.1 Å². The molecule has 7 aromatic rings. The van der Waals surface area contributed by atoms with Gasteiger partial charge in [0.1, 0.15) is 0 Å². The molecule has 0 aliphatic heterocycles. The number of hydrogen-bond acceptors (Lipinski definition) is 0. The Balaban J connectivity index is 1.40. The van der Waals surface area contributed by atoms with E-state index in [-0.39, 0.29) is 0 Å². The van der Waals surface area contributed by atoms with Gasteiger partial charge in [-0.25, -0.2) is 0 Å². The highest BCUT2D eigenvalue weighted by Crippen LogP contribution is 2.39. The third-order valence-corrected chi connectivity index (χ3v) is 8.77. The van der Waals surface area contributed by atoms with Crippen molar-refractivity contribution in [3.05, 3.63) is 169 Å². The van der Waals surface area contributed by atoms with Gasteiger partial charge in [0.25, 0.3) is 0 Å². The van der Waals surface area contributed by atoms with Crippen molar-refractivity contribution in [1.82, 2.24) is 4.57 Å². The summed E-state index contributed by atoms with van der Waals surface area (Å²) < 4.78 is 2.44. The maximum absolute atomic E-state index is 4.12. The maximum Gasteiger partial charge on any atom is 0.0619 e. The molecule has 0 N–H and O–H groups in total. The molecule has 7 rings (SSSR count). The minimum absolute atomic E-state index is 0.925. The Morgan fingerprint density at radius 2 is 1.25 bits per heavy atom. The highest BCUT2D eigenvalue weighted by molar-refractivity contribution is 6.19. The van der Waals surface area contributed by atoms with Gasteiger partial charge in [-0.05, 0) is 83.3 Å². The lowest BCUT2D eigenvalue weighted by Gasteiger charge is -2.12. The lowest BCUT2D eigenvalue weighted by atomic mass is 9.97. The minimum Gasteiger partial charge on any atom is -0.309 e. The van der Waals surface area contributed by atoms with E-state index in [9.17, 15) is 0 Å². The van der Waals surface area contributed by atoms with Crippen LogP contribution in [0.5, 0.6) is 0 Å². The number of rotatable bonds is 7. The van der Waals surface area contributed by atoms with E-state index in [1.165, 1.54) is 71.5 Å². The average molecular weight is 566 g/mol. The predicted octanol–water partition coefficient (Wildman–Crippen LogP) is 12.2. The summed E-state index contributed by atoms with van der Waals surface area (Å²) in [5, 5.41) is 4.99. The molecule has 0 aliphatic rings. The minimum atomic E-state index is 0.925. The zero-order valence-corrected chi connectivity index (χ0v) is 25.3. The van der Waals surface area contributed by atoms with Gasteiger partial charge in [-0.3, -0.25) is 0 Å². The molecule has 0 spiro atoms. The van der Waals surface area contributed by atoms with E-state index >= 15 is 0 Å². The van der Waals surface area contributed by atoms with Gasteiger partial charge >= 0.3 is 0 Å². The topological polar surface area (TPSA) is 4.93 Å². The van der Waals surface area contributed by atoms with E-state index in [0.29, 0.717) is 0 Å². The van der Waals surface area contributed by atoms with Crippen molar-refractivity contribution in [2.24, 2.45) is 0 Å². The predicted molar refractivity (Wildman–Crippen MR) is 191 cm³/mol. The highest BCUT2D eigenvalue weighted by atomic mass is 15.0. The molecule has 6 aromatic carbocycles. The summed E-state index contributed by atoms with van der Waals surface area (Å²) in [5.74, 6) is 0. The Labute approximate surface area is 259 Å². The second-order valence-corrected chi connectivity index (χ2v) is 11.4. The average Bonchev–Trinajstić information content (AvgIpc) is 3.43. The largest absolute Gasteiger partial charge is 0.309 e. The summed E-state index contributed by atoms with van der Waals surface area (Å²) in [6, 6.07) is 48.5. The first-order valence-electron chi connectivity index (χ1n) is 15.3. The van der Waals surface area contributed by atoms with E-state index in [4.69, 9.17) is 0 Å². The Morgan fingerprint density at radius 1 is 0.636 bits per heavy atom. The van der Waals surface area contributed by atoms with Gasteiger partial charge in [-0.2, -0.15) is 0 Å². The van der Waals surface area contributed by atoms with Crippen LogP contribution in [0, 0.1) is 0 Å². The molecule has 0 aliphatic carbocycles. The van der Waals surface area contributed by atoms with Crippen molar-refractivity contribution in [3.8, 4) is 27.9 Å². The molecule has 0 radical (unpaired) electrons. The summed E-state index contributed by atoms with van der Waals surface area (Å²) in [6.45, 7) is 8.38. The monoisotopic (exact) mass is 565 g/mol. The van der Waals surface area contributed by atoms with Crippen LogP contribution in [0.3, 0.4) is 0 Å². The number of hydrogen-bond donors (Lipinski definition) is 0. The van der Waals surface area contributed by atoms with E-state index in [2.05, 4.69) is 171 Å². The van der Waals surface area contributed by atoms with Crippen LogP contribution in [0.15, 0.2) is 164 Å². The van der Waals surface area contributed by atoms with Crippen LogP contribution in [0.25, 0.3) is 66.1 Å². The van der Waals surface area contributed by atoms with Crippen molar-refractivity contribution in [2.75, 3.05) is 0 Å². The molecule has 1 heterocycles. The first-order chi connectivity index (χ1) is 21.6. The van der Waals surface area contributed by atoms with Crippen molar-refractivity contribution in [1.29, 1.82) is 0 Å². The molecule has 0 bridgehead atoms. The number of aromatic nitrogens is 1. The van der Waals surface area contributed by atoms with Crippen LogP contribution in [0.1, 0.15) is 25.8 Å². The van der Waals surface area contributed by atoms with Gasteiger partial charge in [0.05, 0.1) is 11.0 Å². The van der Waals surface area contributed by atoms with E-state index in [1.807, 2.05) is 6.08 Å². The lowest BCUT2D eigenvalue weighted by Crippen LogP contribution is -1.94. The van der Waals surface area contributed by atoms with Gasteiger partial charge in [0.15, 0.2) is 0 Å². The second-order valence-electron chi connectivity index (χ2n) is 11.4. The summed E-state index contributed by atoms with van der Waals surface area (Å²) in [7, 11) is 0. The third-order valence-electron chi connectivity index (χ3n) is 8.77. The molecule has 0 unspecified atom stereocenters. The number of benzene rings is 6. The first kappa shape index (κ1) is 27.4. The van der Waals surface area contributed by atoms with Gasteiger partial charge in [0, 0.05) is 21.8 Å². The quantitative estimate of drug-likeness (QED) is 0.134. The van der Waals surface area contributed by atoms with Crippen LogP contribution < -0.4 is 0 Å². The number of fused-ring (bicyclic) bond motifs is 5. The van der Waals surface area contributed by atoms with Crippen molar-refractivity contribution in [2.45, 2.75) is 20.3 Å². The Bertz CT molecular complexity index is 2190. The third kappa shape index (κ3) is 4.97. The van der Waals surface area contributed by atoms with Crippen molar-refractivity contribution in [3.63, 3.8) is 0 Å². The SMILES string of the molecule is C=C/C(=C\C/C(C)=C/C)c1ccc2c(ccc3c4ccc(-c5ccc(-c6ccccc6)cc5)cc4n(-c4ccccc4)c23)c1. The Morgan fingerprint density at radius 3 is 1.95 bits per heavy atom. The first-order valence-corrected chi connectivity index (χ1v) is 15.3. The van der Waals surface area contributed by atoms with E-state index in [1.54, 1.807) is 0 Å². The number of nitrogens with zero attached hydrogens (tertiary/aromatic N) is 1. The molecule has 0 saturated carbocycles. The Hall–Kier alpha value is -5.40. The fraction of sp³-hybridized carbons (Fsp3) is 0.0698. The summed E-state index contributed by atoms with van der Waals surface area (Å²) >= 11 is 0. The Kier molecular flexibility index (Phi) is 7.30. The number of allylic oxidation sites excluding steroid dienone is 5. The van der Waals surface area contributed by atoms with E-state index < -0.39 is 0 Å². The van der Waals surface area contributed by atoms with Gasteiger partial charge in [-0.1, -0.05) is 140 Å². The van der Waals surface area contributed by atoms with Crippen LogP contribution in [-0.2, 0) is 0 Å². The van der Waals surface area contributed by atoms with Gasteiger partial charge in [-0.15, -0.1) is 0 Å². The normalized spacial score (nSPS) is 12.3. The molecule has 0 saturated heterocycles. The van der Waals surface area contributed by atoms with Crippen LogP contribution in [-0.4, -0.2) is 4.57 Å². The summed E-state index contributed by atoms with van der Waals surface area (Å²) in [6.07, 6.45) is 7.34. The second kappa shape index (κ2) is 11.7. The maximum atomic E-state index is 4.12. The van der Waals surface area contributed by atoms with Crippen LogP contribution in [0.2, 0.25) is 0 Å². The molecule has 212 valence electrons. The molecular weight excluding hydrogens is 530 g/mol. The van der Waals surface area contributed by atoms with Crippen molar-refractivity contribution >= 4 is 38.2 Å². The lowest BCUT2D eigenvalue weighted by molar-refractivity contribution is 1.19. The highest BCUT2D eigenvalue weighted by Gasteiger charge is 2.16. The molecule has 1 heteroatoms. The summed E-state index contributed by atoms with van der Waals surface area (Å²) in [5.41, 5.74) is 12.2. The summed E-state index contributed by atoms with van der Waals surface area (Å²) in [4.78, 5) is 0. The molecule has 0 amide bonds. The zero-order valence-electron chi connectivity index (χ0n) is 25.3. The molecule has 1 nitrogen and oxygen atoms in total.